The molecule has 0 radical (unpaired) electrons. The molecule has 1 amide bonds. The van der Waals surface area contributed by atoms with Crippen LogP contribution in [0.5, 0.6) is 0 Å². The predicted octanol–water partition coefficient (Wildman–Crippen LogP) is 5.05. The Morgan fingerprint density at radius 1 is 1.14 bits per heavy atom. The fraction of sp³-hybridized carbons (Fsp3) is 0.261. The number of amides is 1. The molecule has 0 atom stereocenters. The summed E-state index contributed by atoms with van der Waals surface area (Å²) in [7, 11) is 0. The Hall–Kier alpha value is -3.21. The summed E-state index contributed by atoms with van der Waals surface area (Å²) in [4.78, 5) is 25.2. The monoisotopic (exact) mass is 372 g/mol. The molecule has 0 bridgehead atoms. The van der Waals surface area contributed by atoms with Crippen LogP contribution < -0.4 is 5.32 Å². The van der Waals surface area contributed by atoms with Crippen molar-refractivity contribution in [3.8, 4) is 11.3 Å². The van der Waals surface area contributed by atoms with Gasteiger partial charge in [-0.05, 0) is 56.9 Å². The number of aliphatic imine (C=N–C) groups is 1. The van der Waals surface area contributed by atoms with Crippen molar-refractivity contribution in [3.63, 3.8) is 0 Å². The summed E-state index contributed by atoms with van der Waals surface area (Å²) in [5.41, 5.74) is 7.63. The fourth-order valence-corrected chi connectivity index (χ4v) is 3.62. The third kappa shape index (κ3) is 3.48. The van der Waals surface area contributed by atoms with E-state index in [1.807, 2.05) is 32.0 Å². The van der Waals surface area contributed by atoms with E-state index in [1.165, 1.54) is 5.56 Å². The molecule has 0 saturated heterocycles. The topological polar surface area (TPSA) is 70.1 Å². The van der Waals surface area contributed by atoms with Gasteiger partial charge in [0.1, 0.15) is 5.65 Å². The number of allylic oxidation sites excluding steroid dienone is 1. The van der Waals surface area contributed by atoms with Gasteiger partial charge in [0.2, 0.25) is 0 Å². The van der Waals surface area contributed by atoms with Gasteiger partial charge in [0, 0.05) is 34.5 Å². The molecule has 3 heterocycles. The smallest absolute Gasteiger partial charge is 0.251 e. The molecule has 0 spiro atoms. The number of hydrogen-bond acceptors (Lipinski definition) is 3. The molecule has 28 heavy (non-hydrogen) atoms. The van der Waals surface area contributed by atoms with Gasteiger partial charge >= 0.3 is 0 Å². The average molecular weight is 372 g/mol. The van der Waals surface area contributed by atoms with Crippen LogP contribution in [-0.2, 0) is 4.79 Å². The summed E-state index contributed by atoms with van der Waals surface area (Å²) in [5, 5.41) is 3.99. The summed E-state index contributed by atoms with van der Waals surface area (Å²) >= 11 is 0. The molecule has 4 rings (SSSR count). The lowest BCUT2D eigenvalue weighted by atomic mass is 10.0. The van der Waals surface area contributed by atoms with Gasteiger partial charge in [-0.25, -0.2) is 4.98 Å². The number of nitrogens with zero attached hydrogens (tertiary/aromatic N) is 2. The summed E-state index contributed by atoms with van der Waals surface area (Å²) in [5.74, 6) is -0.0650. The molecule has 0 saturated carbocycles. The van der Waals surface area contributed by atoms with Crippen LogP contribution in [0.15, 0.2) is 58.7 Å². The molecular formula is C23H24N4O. The van der Waals surface area contributed by atoms with Crippen LogP contribution in [0, 0.1) is 6.92 Å². The lowest BCUT2D eigenvalue weighted by Crippen LogP contribution is -2.17. The second-order valence-corrected chi connectivity index (χ2v) is 7.29. The van der Waals surface area contributed by atoms with Crippen LogP contribution in [0.1, 0.15) is 32.3 Å². The number of pyridine rings is 1. The minimum atomic E-state index is -0.0650. The van der Waals surface area contributed by atoms with Crippen molar-refractivity contribution in [1.29, 1.82) is 0 Å². The number of benzene rings is 1. The first-order valence-corrected chi connectivity index (χ1v) is 9.60. The highest BCUT2D eigenvalue weighted by atomic mass is 16.1. The van der Waals surface area contributed by atoms with Crippen LogP contribution in [0.3, 0.4) is 0 Å². The van der Waals surface area contributed by atoms with Crippen molar-refractivity contribution < 1.29 is 4.79 Å². The third-order valence-electron chi connectivity index (χ3n) is 5.37. The zero-order valence-corrected chi connectivity index (χ0v) is 16.5. The number of rotatable bonds is 3. The Labute approximate surface area is 164 Å². The van der Waals surface area contributed by atoms with E-state index in [4.69, 9.17) is 0 Å². The average Bonchev–Trinajstić information content (AvgIpc) is 3.02. The molecular weight excluding hydrogens is 348 g/mol. The van der Waals surface area contributed by atoms with Gasteiger partial charge in [-0.1, -0.05) is 24.3 Å². The highest BCUT2D eigenvalue weighted by Gasteiger charge is 2.17. The number of anilines is 1. The van der Waals surface area contributed by atoms with Gasteiger partial charge in [-0.2, -0.15) is 0 Å². The summed E-state index contributed by atoms with van der Waals surface area (Å²) in [6, 6.07) is 12.3. The number of hydrogen-bond donors (Lipinski definition) is 2. The Bertz CT molecular complexity index is 1120. The van der Waals surface area contributed by atoms with Crippen LogP contribution in [-0.4, -0.2) is 28.1 Å². The number of H-pyrrole nitrogens is 1. The van der Waals surface area contributed by atoms with Gasteiger partial charge in [0.15, 0.2) is 0 Å². The number of nitrogens with one attached hydrogen (secondary N) is 2. The molecule has 5 nitrogen and oxygen atoms in total. The predicted molar refractivity (Wildman–Crippen MR) is 115 cm³/mol. The highest BCUT2D eigenvalue weighted by molar-refractivity contribution is 6.11. The van der Waals surface area contributed by atoms with E-state index in [1.54, 1.807) is 6.20 Å². The lowest BCUT2D eigenvalue weighted by molar-refractivity contribution is -0.113. The minimum Gasteiger partial charge on any atom is -0.339 e. The maximum absolute atomic E-state index is 12.8. The van der Waals surface area contributed by atoms with Gasteiger partial charge in [-0.15, -0.1) is 0 Å². The first-order chi connectivity index (χ1) is 13.5. The van der Waals surface area contributed by atoms with E-state index in [9.17, 15) is 4.79 Å². The van der Waals surface area contributed by atoms with E-state index in [0.29, 0.717) is 5.69 Å². The van der Waals surface area contributed by atoms with E-state index >= 15 is 0 Å². The van der Waals surface area contributed by atoms with Crippen molar-refractivity contribution in [3.05, 3.63) is 59.3 Å². The Balaban J connectivity index is 1.62. The quantitative estimate of drug-likeness (QED) is 0.675. The zero-order chi connectivity index (χ0) is 19.7. The number of carbonyl (C=O) groups is 1. The molecule has 1 aliphatic heterocycles. The van der Waals surface area contributed by atoms with E-state index in [0.717, 1.165) is 58.5 Å². The van der Waals surface area contributed by atoms with Crippen LogP contribution in [0.25, 0.3) is 22.3 Å². The molecule has 1 aliphatic rings. The normalized spacial score (nSPS) is 14.8. The second-order valence-electron chi connectivity index (χ2n) is 7.29. The van der Waals surface area contributed by atoms with Crippen LogP contribution in [0.4, 0.5) is 5.69 Å². The number of fused-ring (bicyclic) bond motifs is 1. The SMILES string of the molecule is CC1=NCCCC(C(=O)Nc2cnc3[nH]c(-c4ccccc4C)cc3c2)=C1C. The lowest BCUT2D eigenvalue weighted by Gasteiger charge is -2.10. The van der Waals surface area contributed by atoms with Crippen molar-refractivity contribution in [2.45, 2.75) is 33.6 Å². The Kier molecular flexibility index (Phi) is 4.82. The van der Waals surface area contributed by atoms with E-state index < -0.39 is 0 Å². The number of aromatic amines is 1. The van der Waals surface area contributed by atoms with Gasteiger partial charge in [0.25, 0.3) is 5.91 Å². The molecule has 0 unspecified atom stereocenters. The molecule has 2 aromatic heterocycles. The first kappa shape index (κ1) is 18.2. The number of aryl methyl sites for hydroxylation is 1. The molecule has 3 aromatic rings. The van der Waals surface area contributed by atoms with Crippen molar-refractivity contribution in [2.24, 2.45) is 4.99 Å². The molecule has 0 aliphatic carbocycles. The standard InChI is InChI=1S/C23H24N4O/c1-14-7-4-5-8-19(14)21-12-17-11-18(13-25-22(17)27-21)26-23(28)20-9-6-10-24-16(3)15(20)2/h4-5,7-8,11-13H,6,9-10H2,1-3H3,(H,25,27)(H,26,28). The van der Waals surface area contributed by atoms with Crippen LogP contribution >= 0.6 is 0 Å². The third-order valence-corrected chi connectivity index (χ3v) is 5.37. The Morgan fingerprint density at radius 3 is 2.79 bits per heavy atom. The van der Waals surface area contributed by atoms with Crippen molar-refractivity contribution in [1.82, 2.24) is 9.97 Å². The molecule has 2 N–H and O–H groups in total. The Morgan fingerprint density at radius 2 is 1.96 bits per heavy atom. The van der Waals surface area contributed by atoms with Gasteiger partial charge in [-0.3, -0.25) is 9.79 Å². The molecule has 142 valence electrons. The van der Waals surface area contributed by atoms with Crippen molar-refractivity contribution >= 4 is 28.3 Å². The second kappa shape index (κ2) is 7.43. The maximum Gasteiger partial charge on any atom is 0.251 e. The molecule has 1 aromatic carbocycles. The van der Waals surface area contributed by atoms with Crippen LogP contribution in [0.2, 0.25) is 0 Å². The van der Waals surface area contributed by atoms with Gasteiger partial charge in [0.05, 0.1) is 11.9 Å². The summed E-state index contributed by atoms with van der Waals surface area (Å²) in [6.07, 6.45) is 3.34. The molecule has 5 heteroatoms. The summed E-state index contributed by atoms with van der Waals surface area (Å²) in [6.45, 7) is 6.81. The maximum atomic E-state index is 12.8. The minimum absolute atomic E-state index is 0.0650. The fourth-order valence-electron chi connectivity index (χ4n) is 3.62. The van der Waals surface area contributed by atoms with E-state index in [2.05, 4.69) is 45.4 Å². The number of carbonyl (C=O) groups excluding carboxylic acids is 1. The molecule has 0 fully saturated rings. The highest BCUT2D eigenvalue weighted by Crippen LogP contribution is 2.27. The first-order valence-electron chi connectivity index (χ1n) is 9.60. The largest absolute Gasteiger partial charge is 0.339 e. The number of aromatic nitrogens is 2. The van der Waals surface area contributed by atoms with E-state index in [-0.39, 0.29) is 5.91 Å². The zero-order valence-electron chi connectivity index (χ0n) is 16.5. The van der Waals surface area contributed by atoms with Crippen molar-refractivity contribution in [2.75, 3.05) is 11.9 Å². The summed E-state index contributed by atoms with van der Waals surface area (Å²) < 4.78 is 0. The van der Waals surface area contributed by atoms with Gasteiger partial charge < -0.3 is 10.3 Å².